The van der Waals surface area contributed by atoms with E-state index in [2.05, 4.69) is 29.9 Å². The van der Waals surface area contributed by atoms with E-state index in [0.717, 1.165) is 12.1 Å². The number of nitrogens with two attached hydrogens (primary N) is 1. The van der Waals surface area contributed by atoms with Crippen molar-refractivity contribution in [1.29, 1.82) is 0 Å². The highest BCUT2D eigenvalue weighted by atomic mass is 15.1. The van der Waals surface area contributed by atoms with Crippen LogP contribution >= 0.6 is 0 Å². The third-order valence-corrected chi connectivity index (χ3v) is 4.62. The summed E-state index contributed by atoms with van der Waals surface area (Å²) in [5, 5.41) is 0. The van der Waals surface area contributed by atoms with Crippen molar-refractivity contribution in [3.8, 4) is 0 Å². The topological polar surface area (TPSA) is 42.2 Å². The fraction of sp³-hybridized carbons (Fsp3) is 0.643. The van der Waals surface area contributed by atoms with E-state index in [0.29, 0.717) is 0 Å². The van der Waals surface area contributed by atoms with E-state index >= 15 is 0 Å². The lowest BCUT2D eigenvalue weighted by molar-refractivity contribution is 0.105. The molecule has 1 aliphatic heterocycles. The molecule has 2 N–H and O–H groups in total. The van der Waals surface area contributed by atoms with Crippen LogP contribution in [0, 0.1) is 12.3 Å². The van der Waals surface area contributed by atoms with Gasteiger partial charge >= 0.3 is 0 Å². The molecule has 92 valence electrons. The minimum absolute atomic E-state index is 0.145. The Morgan fingerprint density at radius 1 is 1.41 bits per heavy atom. The first kappa shape index (κ1) is 11.2. The fourth-order valence-corrected chi connectivity index (χ4v) is 3.39. The lowest BCUT2D eigenvalue weighted by atomic mass is 9.73. The van der Waals surface area contributed by atoms with Gasteiger partial charge in [-0.15, -0.1) is 0 Å². The van der Waals surface area contributed by atoms with Crippen molar-refractivity contribution in [2.75, 3.05) is 20.1 Å². The molecular weight excluding hydrogens is 210 g/mol. The highest BCUT2D eigenvalue weighted by molar-refractivity contribution is 5.35. The predicted octanol–water partition coefficient (Wildman–Crippen LogP) is 1.66. The van der Waals surface area contributed by atoms with Gasteiger partial charge in [-0.25, -0.2) is 0 Å². The maximum absolute atomic E-state index is 6.47. The number of likely N-dealkylation sites (tertiary alicyclic amines) is 1. The number of nitrogens with zero attached hydrogens (tertiary/aromatic N) is 2. The maximum atomic E-state index is 6.47. The van der Waals surface area contributed by atoms with E-state index in [1.54, 1.807) is 0 Å². The summed E-state index contributed by atoms with van der Waals surface area (Å²) in [4.78, 5) is 6.97. The van der Waals surface area contributed by atoms with E-state index < -0.39 is 0 Å². The van der Waals surface area contributed by atoms with Crippen LogP contribution in [-0.2, 0) is 6.42 Å². The van der Waals surface area contributed by atoms with Gasteiger partial charge in [0.25, 0.3) is 0 Å². The molecule has 17 heavy (non-hydrogen) atoms. The Balaban J connectivity index is 1.92. The smallest absolute Gasteiger partial charge is 0.0609 e. The lowest BCUT2D eigenvalue weighted by Gasteiger charge is -2.40. The predicted molar refractivity (Wildman–Crippen MR) is 68.8 cm³/mol. The molecule has 1 aliphatic carbocycles. The van der Waals surface area contributed by atoms with Crippen LogP contribution in [0.3, 0.4) is 0 Å². The van der Waals surface area contributed by atoms with Gasteiger partial charge in [0.15, 0.2) is 0 Å². The Hall–Kier alpha value is -0.930. The summed E-state index contributed by atoms with van der Waals surface area (Å²) in [5.41, 5.74) is 10.6. The Bertz CT molecular complexity index is 433. The maximum Gasteiger partial charge on any atom is 0.0609 e. The minimum Gasteiger partial charge on any atom is -0.322 e. The van der Waals surface area contributed by atoms with Crippen LogP contribution in [0.1, 0.15) is 35.7 Å². The fourth-order valence-electron chi connectivity index (χ4n) is 3.39. The molecule has 0 aromatic carbocycles. The van der Waals surface area contributed by atoms with Crippen molar-refractivity contribution >= 4 is 0 Å². The molecular formula is C14H21N3. The third kappa shape index (κ3) is 1.69. The van der Waals surface area contributed by atoms with Gasteiger partial charge in [-0.2, -0.15) is 0 Å². The molecule has 0 saturated carbocycles. The first-order chi connectivity index (χ1) is 8.11. The van der Waals surface area contributed by atoms with Gasteiger partial charge in [0.1, 0.15) is 0 Å². The average molecular weight is 231 g/mol. The van der Waals surface area contributed by atoms with Gasteiger partial charge in [0, 0.05) is 6.20 Å². The number of rotatable bonds is 0. The number of aromatic nitrogens is 1. The second-order valence-corrected chi connectivity index (χ2v) is 5.88. The van der Waals surface area contributed by atoms with Crippen LogP contribution in [0.5, 0.6) is 0 Å². The van der Waals surface area contributed by atoms with E-state index in [-0.39, 0.29) is 11.5 Å². The van der Waals surface area contributed by atoms with Crippen LogP contribution in [0.4, 0.5) is 0 Å². The second-order valence-electron chi connectivity index (χ2n) is 5.88. The quantitative estimate of drug-likeness (QED) is 0.738. The summed E-state index contributed by atoms with van der Waals surface area (Å²) in [6.07, 6.45) is 5.50. The van der Waals surface area contributed by atoms with Crippen molar-refractivity contribution in [2.24, 2.45) is 11.1 Å². The average Bonchev–Trinajstić information content (AvgIpc) is 2.57. The molecule has 1 saturated heterocycles. The minimum atomic E-state index is 0.145. The summed E-state index contributed by atoms with van der Waals surface area (Å²) >= 11 is 0. The van der Waals surface area contributed by atoms with E-state index in [9.17, 15) is 0 Å². The summed E-state index contributed by atoms with van der Waals surface area (Å²) in [5.74, 6) is 0. The SMILES string of the molecule is Cc1cnc2c(c1)CC1(CCN(C)CC1)C2N. The van der Waals surface area contributed by atoms with Gasteiger partial charge in [-0.1, -0.05) is 6.07 Å². The zero-order valence-electron chi connectivity index (χ0n) is 10.7. The number of hydrogen-bond acceptors (Lipinski definition) is 3. The molecule has 3 heteroatoms. The monoisotopic (exact) mass is 231 g/mol. The van der Waals surface area contributed by atoms with Crippen LogP contribution < -0.4 is 5.73 Å². The molecule has 3 rings (SSSR count). The van der Waals surface area contributed by atoms with Crippen molar-refractivity contribution in [2.45, 2.75) is 32.2 Å². The second kappa shape index (κ2) is 3.79. The van der Waals surface area contributed by atoms with Crippen molar-refractivity contribution in [3.63, 3.8) is 0 Å². The summed E-state index contributed by atoms with van der Waals surface area (Å²) in [7, 11) is 2.20. The van der Waals surface area contributed by atoms with Crippen LogP contribution in [-0.4, -0.2) is 30.0 Å². The first-order valence-corrected chi connectivity index (χ1v) is 6.50. The number of piperidine rings is 1. The molecule has 0 amide bonds. The van der Waals surface area contributed by atoms with Gasteiger partial charge in [0.05, 0.1) is 11.7 Å². The Kier molecular flexibility index (Phi) is 2.49. The summed E-state index contributed by atoms with van der Waals surface area (Å²) in [6, 6.07) is 2.42. The highest BCUT2D eigenvalue weighted by Gasteiger charge is 2.46. The van der Waals surface area contributed by atoms with Crippen molar-refractivity contribution < 1.29 is 0 Å². The van der Waals surface area contributed by atoms with E-state index in [1.807, 2.05) is 6.20 Å². The number of hydrogen-bond donors (Lipinski definition) is 1. The molecule has 1 aromatic heterocycles. The zero-order chi connectivity index (χ0) is 12.0. The van der Waals surface area contributed by atoms with E-state index in [1.165, 1.54) is 37.1 Å². The molecule has 1 spiro atoms. The van der Waals surface area contributed by atoms with E-state index in [4.69, 9.17) is 5.73 Å². The first-order valence-electron chi connectivity index (χ1n) is 6.50. The van der Waals surface area contributed by atoms with Crippen molar-refractivity contribution in [1.82, 2.24) is 9.88 Å². The molecule has 2 heterocycles. The molecule has 2 aliphatic rings. The van der Waals surface area contributed by atoms with Crippen LogP contribution in [0.15, 0.2) is 12.3 Å². The Morgan fingerprint density at radius 2 is 2.12 bits per heavy atom. The van der Waals surface area contributed by atoms with Gasteiger partial charge in [-0.05, 0) is 62.9 Å². The molecule has 1 atom stereocenters. The summed E-state index contributed by atoms with van der Waals surface area (Å²) < 4.78 is 0. The number of pyridine rings is 1. The molecule has 1 aromatic rings. The zero-order valence-corrected chi connectivity index (χ0v) is 10.7. The van der Waals surface area contributed by atoms with Crippen LogP contribution in [0.25, 0.3) is 0 Å². The molecule has 1 unspecified atom stereocenters. The normalized spacial score (nSPS) is 27.4. The lowest BCUT2D eigenvalue weighted by Crippen LogP contribution is -2.42. The van der Waals surface area contributed by atoms with Gasteiger partial charge in [-0.3, -0.25) is 4.98 Å². The standard InChI is InChI=1S/C14H21N3/c1-10-7-11-8-14(3-5-17(2)6-4-14)13(15)12(11)16-9-10/h7,9,13H,3-6,8,15H2,1-2H3. The van der Waals surface area contributed by atoms with Crippen LogP contribution in [0.2, 0.25) is 0 Å². The molecule has 0 bridgehead atoms. The van der Waals surface area contributed by atoms with Gasteiger partial charge in [0.2, 0.25) is 0 Å². The number of aryl methyl sites for hydroxylation is 1. The molecule has 3 nitrogen and oxygen atoms in total. The highest BCUT2D eigenvalue weighted by Crippen LogP contribution is 2.49. The van der Waals surface area contributed by atoms with Crippen molar-refractivity contribution in [3.05, 3.63) is 29.1 Å². The summed E-state index contributed by atoms with van der Waals surface area (Å²) in [6.45, 7) is 4.44. The Morgan fingerprint density at radius 3 is 2.82 bits per heavy atom. The Labute approximate surface area is 103 Å². The molecule has 1 fully saturated rings. The third-order valence-electron chi connectivity index (χ3n) is 4.62. The van der Waals surface area contributed by atoms with Gasteiger partial charge < -0.3 is 10.6 Å². The molecule has 0 radical (unpaired) electrons. The number of fused-ring (bicyclic) bond motifs is 1. The largest absolute Gasteiger partial charge is 0.322 e.